The topological polar surface area (TPSA) is 134 Å². The largest absolute Gasteiger partial charge is 0.472 e. The number of esters is 2. The van der Waals surface area contributed by atoms with Crippen molar-refractivity contribution in [2.45, 2.75) is 283 Å². The van der Waals surface area contributed by atoms with Crippen LogP contribution in [0.4, 0.5) is 0 Å². The zero-order valence-corrected chi connectivity index (χ0v) is 47.5. The number of phosphoric acid groups is 1. The van der Waals surface area contributed by atoms with Crippen molar-refractivity contribution >= 4 is 19.8 Å². The predicted octanol–water partition coefficient (Wildman–Crippen LogP) is 18.9. The molecule has 0 rings (SSSR count). The molecule has 2 unspecified atom stereocenters. The second kappa shape index (κ2) is 57.7. The molecule has 0 saturated carbocycles. The smallest absolute Gasteiger partial charge is 0.462 e. The van der Waals surface area contributed by atoms with Crippen molar-refractivity contribution in [3.05, 3.63) is 72.9 Å². The number of rotatable bonds is 56. The fourth-order valence-electron chi connectivity index (χ4n) is 8.42. The average Bonchev–Trinajstić information content (AvgIpc) is 3.37. The van der Waals surface area contributed by atoms with Gasteiger partial charge in [0.2, 0.25) is 0 Å². The zero-order chi connectivity index (χ0) is 52.4. The normalized spacial score (nSPS) is 13.6. The van der Waals surface area contributed by atoms with Gasteiger partial charge in [0.05, 0.1) is 13.2 Å². The summed E-state index contributed by atoms with van der Waals surface area (Å²) in [6.07, 6.45) is 73.9. The lowest BCUT2D eigenvalue weighted by Crippen LogP contribution is -2.29. The molecule has 0 fully saturated rings. The van der Waals surface area contributed by atoms with Crippen molar-refractivity contribution in [1.29, 1.82) is 0 Å². The number of hydrogen-bond acceptors (Lipinski definition) is 8. The van der Waals surface area contributed by atoms with E-state index in [1.807, 2.05) is 0 Å². The highest BCUT2D eigenvalue weighted by Crippen LogP contribution is 2.43. The van der Waals surface area contributed by atoms with Crippen LogP contribution in [0.5, 0.6) is 0 Å². The van der Waals surface area contributed by atoms with E-state index in [0.717, 1.165) is 83.5 Å². The highest BCUT2D eigenvalue weighted by atomic mass is 31.2. The van der Waals surface area contributed by atoms with Gasteiger partial charge in [0, 0.05) is 19.4 Å². The molecular formula is C62H112NO8P. The maximum atomic E-state index is 12.7. The van der Waals surface area contributed by atoms with Gasteiger partial charge < -0.3 is 20.1 Å². The molecule has 0 aromatic heterocycles. The van der Waals surface area contributed by atoms with Crippen LogP contribution in [0.2, 0.25) is 0 Å². The minimum atomic E-state index is -4.39. The summed E-state index contributed by atoms with van der Waals surface area (Å²) < 4.78 is 33.0. The monoisotopic (exact) mass is 1030 g/mol. The van der Waals surface area contributed by atoms with Crippen LogP contribution in [0.25, 0.3) is 0 Å². The number of carbonyl (C=O) groups is 2. The number of phosphoric ester groups is 1. The Morgan fingerprint density at radius 2 is 0.764 bits per heavy atom. The summed E-state index contributed by atoms with van der Waals surface area (Å²) in [6, 6.07) is 0. The van der Waals surface area contributed by atoms with Gasteiger partial charge in [-0.25, -0.2) is 4.57 Å². The quantitative estimate of drug-likeness (QED) is 0.0264. The minimum Gasteiger partial charge on any atom is -0.462 e. The van der Waals surface area contributed by atoms with Gasteiger partial charge in [-0.15, -0.1) is 0 Å². The van der Waals surface area contributed by atoms with Crippen LogP contribution >= 0.6 is 7.82 Å². The SMILES string of the molecule is CC/C=C\C/C=C\C/C=C\C/C=C\C/C=C\CCCCCCCCCCCCCCCCCCCC(=O)OC(COC(=O)CCCCCCCCC/C=C\CCCCCCCCC)COP(=O)(O)OCCN. The van der Waals surface area contributed by atoms with Gasteiger partial charge in [0.15, 0.2) is 6.10 Å². The van der Waals surface area contributed by atoms with E-state index in [9.17, 15) is 19.0 Å². The Labute approximate surface area is 443 Å². The first-order chi connectivity index (χ1) is 35.3. The first-order valence-corrected chi connectivity index (χ1v) is 31.4. The summed E-state index contributed by atoms with van der Waals surface area (Å²) in [5.41, 5.74) is 5.38. The maximum Gasteiger partial charge on any atom is 0.472 e. The molecule has 0 aromatic rings. The van der Waals surface area contributed by atoms with E-state index in [1.165, 1.54) is 161 Å². The van der Waals surface area contributed by atoms with Crippen molar-refractivity contribution in [1.82, 2.24) is 0 Å². The molecule has 0 aliphatic heterocycles. The van der Waals surface area contributed by atoms with Crippen molar-refractivity contribution in [3.63, 3.8) is 0 Å². The molecule has 0 bridgehead atoms. The van der Waals surface area contributed by atoms with Gasteiger partial charge in [-0.1, -0.05) is 254 Å². The molecule has 0 heterocycles. The van der Waals surface area contributed by atoms with E-state index in [2.05, 4.69) is 86.8 Å². The molecule has 10 heteroatoms. The standard InChI is InChI=1S/C62H112NO8P/c1-3-5-7-9-11-13-15-17-19-21-23-24-25-26-27-28-29-30-31-32-33-34-35-36-37-39-41-43-45-47-49-51-53-55-62(65)71-60(59-70-72(66,67)69-57-56-63)58-68-61(64)54-52-50-48-46-44-42-40-38-22-20-18-16-14-12-10-8-6-4-2/h5,7,11,13,17,19-20,22-24,26-27,60H,3-4,6,8-10,12,14-16,18,21,25,28-59,63H2,1-2H3,(H,66,67)/b7-5-,13-11-,19-17-,22-20-,24-23-,27-26-. The Kier molecular flexibility index (Phi) is 55.7. The number of unbranched alkanes of at least 4 members (excludes halogenated alkanes) is 31. The first-order valence-electron chi connectivity index (χ1n) is 29.9. The van der Waals surface area contributed by atoms with Gasteiger partial charge in [0.1, 0.15) is 6.61 Å². The summed E-state index contributed by atoms with van der Waals surface area (Å²) in [5, 5.41) is 0. The molecular weight excluding hydrogens is 918 g/mol. The number of carbonyl (C=O) groups excluding carboxylic acids is 2. The highest BCUT2D eigenvalue weighted by molar-refractivity contribution is 7.47. The number of nitrogens with two attached hydrogens (primary N) is 1. The third kappa shape index (κ3) is 56.7. The summed E-state index contributed by atoms with van der Waals surface area (Å²) >= 11 is 0. The van der Waals surface area contributed by atoms with Gasteiger partial charge in [-0.2, -0.15) is 0 Å². The van der Waals surface area contributed by atoms with Crippen LogP contribution < -0.4 is 5.73 Å². The van der Waals surface area contributed by atoms with E-state index < -0.39 is 26.5 Å². The van der Waals surface area contributed by atoms with Crippen LogP contribution in [0.15, 0.2) is 72.9 Å². The van der Waals surface area contributed by atoms with Gasteiger partial charge in [0.25, 0.3) is 0 Å². The Hall–Kier alpha value is -2.55. The minimum absolute atomic E-state index is 0.0521. The van der Waals surface area contributed by atoms with Gasteiger partial charge >= 0.3 is 19.8 Å². The maximum absolute atomic E-state index is 12.7. The van der Waals surface area contributed by atoms with Crippen LogP contribution in [0, 0.1) is 0 Å². The van der Waals surface area contributed by atoms with Crippen LogP contribution in [-0.4, -0.2) is 49.3 Å². The molecule has 3 N–H and O–H groups in total. The van der Waals surface area contributed by atoms with Gasteiger partial charge in [-0.3, -0.25) is 18.6 Å². The predicted molar refractivity (Wildman–Crippen MR) is 307 cm³/mol. The molecule has 0 aromatic carbocycles. The highest BCUT2D eigenvalue weighted by Gasteiger charge is 2.26. The van der Waals surface area contributed by atoms with Crippen molar-refractivity contribution in [2.24, 2.45) is 5.73 Å². The summed E-state index contributed by atoms with van der Waals surface area (Å²) in [5.74, 6) is -0.824. The Morgan fingerprint density at radius 3 is 1.15 bits per heavy atom. The number of ether oxygens (including phenoxy) is 2. The van der Waals surface area contributed by atoms with E-state index in [1.54, 1.807) is 0 Å². The molecule has 418 valence electrons. The summed E-state index contributed by atoms with van der Waals surface area (Å²) in [6.45, 7) is 3.65. The molecule has 2 atom stereocenters. The molecule has 0 aliphatic carbocycles. The third-order valence-electron chi connectivity index (χ3n) is 12.8. The van der Waals surface area contributed by atoms with Gasteiger partial charge in [-0.05, 0) is 83.5 Å². The fraction of sp³-hybridized carbons (Fsp3) is 0.774. The number of allylic oxidation sites excluding steroid dienone is 12. The Balaban J connectivity index is 3.90. The molecule has 9 nitrogen and oxygen atoms in total. The van der Waals surface area contributed by atoms with Crippen LogP contribution in [0.3, 0.4) is 0 Å². The van der Waals surface area contributed by atoms with E-state index in [4.69, 9.17) is 24.3 Å². The Bertz CT molecular complexity index is 1410. The molecule has 0 saturated heterocycles. The molecule has 72 heavy (non-hydrogen) atoms. The van der Waals surface area contributed by atoms with Crippen molar-refractivity contribution in [2.75, 3.05) is 26.4 Å². The Morgan fingerprint density at radius 1 is 0.431 bits per heavy atom. The average molecular weight is 1030 g/mol. The van der Waals surface area contributed by atoms with E-state index >= 15 is 0 Å². The lowest BCUT2D eigenvalue weighted by molar-refractivity contribution is -0.161. The summed E-state index contributed by atoms with van der Waals surface area (Å²) in [4.78, 5) is 35.2. The lowest BCUT2D eigenvalue weighted by Gasteiger charge is -2.19. The van der Waals surface area contributed by atoms with Crippen molar-refractivity contribution in [3.8, 4) is 0 Å². The fourth-order valence-corrected chi connectivity index (χ4v) is 9.19. The molecule has 0 radical (unpaired) electrons. The second-order valence-electron chi connectivity index (χ2n) is 19.8. The van der Waals surface area contributed by atoms with Crippen LogP contribution in [-0.2, 0) is 32.7 Å². The van der Waals surface area contributed by atoms with E-state index in [0.29, 0.717) is 6.42 Å². The molecule has 0 aliphatic rings. The molecule has 0 amide bonds. The van der Waals surface area contributed by atoms with Crippen molar-refractivity contribution < 1.29 is 37.6 Å². The lowest BCUT2D eigenvalue weighted by atomic mass is 10.0. The van der Waals surface area contributed by atoms with E-state index in [-0.39, 0.29) is 38.6 Å². The second-order valence-corrected chi connectivity index (χ2v) is 21.3. The third-order valence-corrected chi connectivity index (χ3v) is 13.8. The first kappa shape index (κ1) is 69.5. The summed E-state index contributed by atoms with van der Waals surface area (Å²) in [7, 11) is -4.39. The zero-order valence-electron chi connectivity index (χ0n) is 46.7. The van der Waals surface area contributed by atoms with Crippen LogP contribution in [0.1, 0.15) is 277 Å². The molecule has 0 spiro atoms. The number of hydrogen-bond donors (Lipinski definition) is 2.